The third kappa shape index (κ3) is 6.09. The van der Waals surface area contributed by atoms with Crippen molar-refractivity contribution in [1.82, 2.24) is 10.0 Å². The Morgan fingerprint density at radius 1 is 1.12 bits per heavy atom. The van der Waals surface area contributed by atoms with E-state index in [1.54, 1.807) is 13.8 Å². The minimum Gasteiger partial charge on any atom is -0.354 e. The van der Waals surface area contributed by atoms with E-state index in [0.717, 1.165) is 18.4 Å². The minimum absolute atomic E-state index is 0.0523. The SMILES string of the molecule is CCC(N)(CC)CNC(=O)CCNS(=O)(=O)c1c(C)cc(C)cc1C. The molecule has 0 aliphatic heterocycles. The molecule has 6 nitrogen and oxygen atoms in total. The van der Waals surface area contributed by atoms with Gasteiger partial charge in [-0.15, -0.1) is 0 Å². The molecule has 0 fully saturated rings. The molecule has 7 heteroatoms. The Balaban J connectivity index is 2.62. The molecule has 0 aliphatic carbocycles. The van der Waals surface area contributed by atoms with Crippen molar-refractivity contribution in [3.8, 4) is 0 Å². The highest BCUT2D eigenvalue weighted by Crippen LogP contribution is 2.21. The van der Waals surface area contributed by atoms with Crippen LogP contribution in [0.2, 0.25) is 0 Å². The molecule has 142 valence electrons. The first-order valence-electron chi connectivity index (χ1n) is 8.67. The molecule has 0 unspecified atom stereocenters. The van der Waals surface area contributed by atoms with Crippen LogP contribution in [0.25, 0.3) is 0 Å². The summed E-state index contributed by atoms with van der Waals surface area (Å²) < 4.78 is 27.5. The quantitative estimate of drug-likeness (QED) is 0.619. The van der Waals surface area contributed by atoms with Gasteiger partial charge in [0.25, 0.3) is 0 Å². The number of benzene rings is 1. The first-order valence-corrected chi connectivity index (χ1v) is 10.2. The molecule has 0 bridgehead atoms. The predicted octanol–water partition coefficient (Wildman–Crippen LogP) is 1.91. The van der Waals surface area contributed by atoms with Crippen LogP contribution in [-0.4, -0.2) is 33.0 Å². The normalized spacial score (nSPS) is 12.2. The van der Waals surface area contributed by atoms with E-state index in [9.17, 15) is 13.2 Å². The van der Waals surface area contributed by atoms with Crippen LogP contribution >= 0.6 is 0 Å². The van der Waals surface area contributed by atoms with Crippen molar-refractivity contribution in [2.45, 2.75) is 64.3 Å². The molecule has 1 aromatic rings. The highest BCUT2D eigenvalue weighted by Gasteiger charge is 2.22. The van der Waals surface area contributed by atoms with E-state index >= 15 is 0 Å². The van der Waals surface area contributed by atoms with E-state index in [1.165, 1.54) is 0 Å². The van der Waals surface area contributed by atoms with Gasteiger partial charge in [0.2, 0.25) is 15.9 Å². The maximum Gasteiger partial charge on any atom is 0.241 e. The number of rotatable bonds is 9. The number of nitrogens with one attached hydrogen (secondary N) is 2. The van der Waals surface area contributed by atoms with E-state index in [1.807, 2.05) is 32.9 Å². The van der Waals surface area contributed by atoms with Crippen LogP contribution in [0.3, 0.4) is 0 Å². The number of nitrogens with two attached hydrogens (primary N) is 1. The predicted molar refractivity (Wildman–Crippen MR) is 101 cm³/mol. The van der Waals surface area contributed by atoms with Crippen molar-refractivity contribution in [2.24, 2.45) is 5.73 Å². The van der Waals surface area contributed by atoms with Crippen LogP contribution in [0.1, 0.15) is 49.8 Å². The van der Waals surface area contributed by atoms with E-state index in [2.05, 4.69) is 10.0 Å². The average Bonchev–Trinajstić information content (AvgIpc) is 2.51. The molecule has 0 aliphatic rings. The number of carbonyl (C=O) groups is 1. The van der Waals surface area contributed by atoms with Crippen LogP contribution in [0, 0.1) is 20.8 Å². The summed E-state index contributed by atoms with van der Waals surface area (Å²) in [5, 5.41) is 2.78. The summed E-state index contributed by atoms with van der Waals surface area (Å²) in [6.45, 7) is 9.89. The van der Waals surface area contributed by atoms with Crippen LogP contribution in [0.4, 0.5) is 0 Å². The third-order valence-electron chi connectivity index (χ3n) is 4.56. The third-order valence-corrected chi connectivity index (χ3v) is 6.33. The summed E-state index contributed by atoms with van der Waals surface area (Å²) in [6.07, 6.45) is 1.61. The van der Waals surface area contributed by atoms with Crippen LogP contribution in [0.5, 0.6) is 0 Å². The lowest BCUT2D eigenvalue weighted by atomic mass is 9.94. The zero-order valence-electron chi connectivity index (χ0n) is 15.9. The molecular formula is C18H31N3O3S. The lowest BCUT2D eigenvalue weighted by molar-refractivity contribution is -0.121. The molecule has 0 saturated heterocycles. The molecule has 1 amide bonds. The van der Waals surface area contributed by atoms with Gasteiger partial charge in [0, 0.05) is 25.0 Å². The Labute approximate surface area is 151 Å². The molecule has 0 atom stereocenters. The Kier molecular flexibility index (Phi) is 7.59. The second-order valence-electron chi connectivity index (χ2n) is 6.72. The lowest BCUT2D eigenvalue weighted by Gasteiger charge is -2.26. The second-order valence-corrected chi connectivity index (χ2v) is 8.43. The van der Waals surface area contributed by atoms with Crippen molar-refractivity contribution < 1.29 is 13.2 Å². The number of amides is 1. The Morgan fingerprint density at radius 3 is 2.12 bits per heavy atom. The van der Waals surface area contributed by atoms with Crippen molar-refractivity contribution in [2.75, 3.05) is 13.1 Å². The van der Waals surface area contributed by atoms with Crippen LogP contribution in [0.15, 0.2) is 17.0 Å². The van der Waals surface area contributed by atoms with Gasteiger partial charge in [-0.1, -0.05) is 31.5 Å². The van der Waals surface area contributed by atoms with Crippen molar-refractivity contribution >= 4 is 15.9 Å². The summed E-state index contributed by atoms with van der Waals surface area (Å²) in [5.74, 6) is -0.211. The molecular weight excluding hydrogens is 338 g/mol. The molecule has 0 spiro atoms. The lowest BCUT2D eigenvalue weighted by Crippen LogP contribution is -2.49. The number of sulfonamides is 1. The minimum atomic E-state index is -3.64. The van der Waals surface area contributed by atoms with Crippen molar-refractivity contribution in [1.29, 1.82) is 0 Å². The van der Waals surface area contributed by atoms with Crippen LogP contribution < -0.4 is 15.8 Å². The van der Waals surface area contributed by atoms with Gasteiger partial charge >= 0.3 is 0 Å². The summed E-state index contributed by atoms with van der Waals surface area (Å²) in [6, 6.07) is 3.68. The van der Waals surface area contributed by atoms with Gasteiger partial charge in [-0.2, -0.15) is 0 Å². The first kappa shape index (κ1) is 21.6. The highest BCUT2D eigenvalue weighted by molar-refractivity contribution is 7.89. The topological polar surface area (TPSA) is 101 Å². The number of carbonyl (C=O) groups excluding carboxylic acids is 1. The van der Waals surface area contributed by atoms with Gasteiger partial charge in [0.15, 0.2) is 0 Å². The summed E-state index contributed by atoms with van der Waals surface area (Å²) >= 11 is 0. The van der Waals surface area contributed by atoms with E-state index in [4.69, 9.17) is 5.73 Å². The molecule has 0 radical (unpaired) electrons. The molecule has 4 N–H and O–H groups in total. The van der Waals surface area contributed by atoms with E-state index in [0.29, 0.717) is 17.7 Å². The number of hydrogen-bond donors (Lipinski definition) is 3. The summed E-state index contributed by atoms with van der Waals surface area (Å²) in [7, 11) is -3.64. The standard InChI is InChI=1S/C18H31N3O3S/c1-6-18(19,7-2)12-20-16(22)8-9-21-25(23,24)17-14(4)10-13(3)11-15(17)5/h10-11,21H,6-9,12,19H2,1-5H3,(H,20,22). The summed E-state index contributed by atoms with van der Waals surface area (Å²) in [4.78, 5) is 12.2. The van der Waals surface area contributed by atoms with Gasteiger partial charge in [0.1, 0.15) is 0 Å². The van der Waals surface area contributed by atoms with Gasteiger partial charge in [-0.3, -0.25) is 4.79 Å². The fourth-order valence-electron chi connectivity index (χ4n) is 2.82. The maximum absolute atomic E-state index is 12.5. The zero-order valence-corrected chi connectivity index (χ0v) is 16.7. The molecule has 0 heterocycles. The van der Waals surface area contributed by atoms with E-state index < -0.39 is 15.6 Å². The van der Waals surface area contributed by atoms with Crippen LogP contribution in [-0.2, 0) is 14.8 Å². The molecule has 0 saturated carbocycles. The van der Waals surface area contributed by atoms with Crippen molar-refractivity contribution in [3.63, 3.8) is 0 Å². The molecule has 1 aromatic carbocycles. The Bertz CT molecular complexity index is 687. The monoisotopic (exact) mass is 369 g/mol. The Morgan fingerprint density at radius 2 is 1.64 bits per heavy atom. The molecule has 0 aromatic heterocycles. The average molecular weight is 370 g/mol. The van der Waals surface area contributed by atoms with E-state index in [-0.39, 0.29) is 23.8 Å². The van der Waals surface area contributed by atoms with Gasteiger partial charge in [0.05, 0.1) is 4.90 Å². The smallest absolute Gasteiger partial charge is 0.241 e. The van der Waals surface area contributed by atoms with Gasteiger partial charge < -0.3 is 11.1 Å². The zero-order chi connectivity index (χ0) is 19.3. The fourth-order valence-corrected chi connectivity index (χ4v) is 4.31. The van der Waals surface area contributed by atoms with Crippen molar-refractivity contribution in [3.05, 3.63) is 28.8 Å². The number of aryl methyl sites for hydroxylation is 3. The van der Waals surface area contributed by atoms with Gasteiger partial charge in [-0.25, -0.2) is 13.1 Å². The first-order chi connectivity index (χ1) is 11.5. The highest BCUT2D eigenvalue weighted by atomic mass is 32.2. The molecule has 1 rings (SSSR count). The van der Waals surface area contributed by atoms with Gasteiger partial charge in [-0.05, 0) is 44.7 Å². The molecule has 25 heavy (non-hydrogen) atoms. The summed E-state index contributed by atoms with van der Waals surface area (Å²) in [5.41, 5.74) is 8.15. The second kappa shape index (κ2) is 8.78. The Hall–Kier alpha value is -1.44. The largest absolute Gasteiger partial charge is 0.354 e. The maximum atomic E-state index is 12.5. The number of hydrogen-bond acceptors (Lipinski definition) is 4. The fraction of sp³-hybridized carbons (Fsp3) is 0.611.